The molecule has 5 heteroatoms. The molecule has 3 nitrogen and oxygen atoms in total. The quantitative estimate of drug-likeness (QED) is 0.845. The molecule has 1 atom stereocenters. The van der Waals surface area contributed by atoms with Gasteiger partial charge in [0.2, 0.25) is 5.91 Å². The van der Waals surface area contributed by atoms with Crippen LogP contribution in [0, 0.1) is 31.1 Å². The Hall–Kier alpha value is -1.05. The van der Waals surface area contributed by atoms with Crippen molar-refractivity contribution in [3.63, 3.8) is 0 Å². The standard InChI is InChI=1S/C11H13ClN2OS/c1-6(4-12)10(15)14-11-9(5-13)7(2)8(3)16-11/h6H,4H2,1-3H3,(H,14,15). The van der Waals surface area contributed by atoms with Crippen molar-refractivity contribution in [1.29, 1.82) is 5.26 Å². The summed E-state index contributed by atoms with van der Waals surface area (Å²) in [6, 6.07) is 2.11. The smallest absolute Gasteiger partial charge is 0.229 e. The number of nitriles is 1. The van der Waals surface area contributed by atoms with Crippen molar-refractivity contribution in [3.8, 4) is 6.07 Å². The Labute approximate surface area is 104 Å². The van der Waals surface area contributed by atoms with E-state index >= 15 is 0 Å². The summed E-state index contributed by atoms with van der Waals surface area (Å²) in [4.78, 5) is 12.7. The zero-order chi connectivity index (χ0) is 12.3. The van der Waals surface area contributed by atoms with Gasteiger partial charge in [0.05, 0.1) is 5.56 Å². The van der Waals surface area contributed by atoms with Gasteiger partial charge in [0.1, 0.15) is 11.1 Å². The minimum Gasteiger partial charge on any atom is -0.316 e. The Morgan fingerprint density at radius 3 is 2.75 bits per heavy atom. The fraction of sp³-hybridized carbons (Fsp3) is 0.455. The molecule has 0 radical (unpaired) electrons. The predicted molar refractivity (Wildman–Crippen MR) is 67.0 cm³/mol. The van der Waals surface area contributed by atoms with Crippen molar-refractivity contribution >= 4 is 33.8 Å². The highest BCUT2D eigenvalue weighted by atomic mass is 35.5. The zero-order valence-corrected chi connectivity index (χ0v) is 11.0. The molecule has 1 heterocycles. The van der Waals surface area contributed by atoms with E-state index < -0.39 is 0 Å². The van der Waals surface area contributed by atoms with E-state index in [0.717, 1.165) is 10.4 Å². The third-order valence-corrected chi connectivity index (χ3v) is 4.00. The number of anilines is 1. The number of aryl methyl sites for hydroxylation is 1. The van der Waals surface area contributed by atoms with E-state index in [4.69, 9.17) is 16.9 Å². The molecule has 1 amide bonds. The first-order chi connectivity index (χ1) is 7.51. The fourth-order valence-electron chi connectivity index (χ4n) is 1.15. The number of alkyl halides is 1. The van der Waals surface area contributed by atoms with Gasteiger partial charge in [-0.05, 0) is 19.4 Å². The van der Waals surface area contributed by atoms with Crippen molar-refractivity contribution in [3.05, 3.63) is 16.0 Å². The number of hydrogen-bond acceptors (Lipinski definition) is 3. The van der Waals surface area contributed by atoms with Crippen molar-refractivity contribution in [1.82, 2.24) is 0 Å². The van der Waals surface area contributed by atoms with Gasteiger partial charge in [-0.2, -0.15) is 5.26 Å². The number of amides is 1. The van der Waals surface area contributed by atoms with Gasteiger partial charge in [0, 0.05) is 16.7 Å². The number of carbonyl (C=O) groups is 1. The van der Waals surface area contributed by atoms with Gasteiger partial charge in [0.25, 0.3) is 0 Å². The van der Waals surface area contributed by atoms with E-state index in [9.17, 15) is 4.79 Å². The van der Waals surface area contributed by atoms with E-state index in [1.54, 1.807) is 6.92 Å². The SMILES string of the molecule is Cc1sc(NC(=O)C(C)CCl)c(C#N)c1C. The van der Waals surface area contributed by atoms with Crippen LogP contribution in [0.15, 0.2) is 0 Å². The summed E-state index contributed by atoms with van der Waals surface area (Å²) >= 11 is 7.03. The molecule has 0 fully saturated rings. The first-order valence-electron chi connectivity index (χ1n) is 4.88. The lowest BCUT2D eigenvalue weighted by Crippen LogP contribution is -2.21. The molecule has 1 N–H and O–H groups in total. The second-order valence-electron chi connectivity index (χ2n) is 3.64. The first-order valence-corrected chi connectivity index (χ1v) is 6.23. The van der Waals surface area contributed by atoms with E-state index in [0.29, 0.717) is 10.6 Å². The minimum absolute atomic E-state index is 0.146. The number of halogens is 1. The average Bonchev–Trinajstić information content (AvgIpc) is 2.53. The molecule has 0 aliphatic heterocycles. The van der Waals surface area contributed by atoms with E-state index in [2.05, 4.69) is 11.4 Å². The maximum atomic E-state index is 11.6. The Morgan fingerprint density at radius 1 is 1.62 bits per heavy atom. The second-order valence-corrected chi connectivity index (χ2v) is 5.18. The minimum atomic E-state index is -0.254. The highest BCUT2D eigenvalue weighted by Crippen LogP contribution is 2.31. The van der Waals surface area contributed by atoms with Crippen molar-refractivity contribution in [2.75, 3.05) is 11.2 Å². The summed E-state index contributed by atoms with van der Waals surface area (Å²) in [5.41, 5.74) is 1.49. The van der Waals surface area contributed by atoms with Crippen LogP contribution in [0.5, 0.6) is 0 Å². The van der Waals surface area contributed by atoms with Gasteiger partial charge >= 0.3 is 0 Å². The molecule has 1 aromatic heterocycles. The Bertz CT molecular complexity index is 448. The number of rotatable bonds is 3. The lowest BCUT2D eigenvalue weighted by molar-refractivity contribution is -0.118. The fourth-order valence-corrected chi connectivity index (χ4v) is 2.31. The molecule has 1 aromatic rings. The lowest BCUT2D eigenvalue weighted by Gasteiger charge is -2.07. The summed E-state index contributed by atoms with van der Waals surface area (Å²) in [5, 5.41) is 12.4. The van der Waals surface area contributed by atoms with Gasteiger partial charge in [-0.1, -0.05) is 6.92 Å². The van der Waals surface area contributed by atoms with Crippen LogP contribution in [0.4, 0.5) is 5.00 Å². The van der Waals surface area contributed by atoms with Gasteiger partial charge in [-0.15, -0.1) is 22.9 Å². The summed E-state index contributed by atoms with van der Waals surface area (Å²) in [5.74, 6) is -0.125. The van der Waals surface area contributed by atoms with E-state index in [1.165, 1.54) is 11.3 Å². The van der Waals surface area contributed by atoms with Gasteiger partial charge in [-0.25, -0.2) is 0 Å². The van der Waals surface area contributed by atoms with E-state index in [-0.39, 0.29) is 17.7 Å². The molecular formula is C11H13ClN2OS. The van der Waals surface area contributed by atoms with Crippen molar-refractivity contribution < 1.29 is 4.79 Å². The van der Waals surface area contributed by atoms with Gasteiger partial charge in [-0.3, -0.25) is 4.79 Å². The first kappa shape index (κ1) is 13.0. The topological polar surface area (TPSA) is 52.9 Å². The van der Waals surface area contributed by atoms with Crippen LogP contribution in [-0.2, 0) is 4.79 Å². The van der Waals surface area contributed by atoms with Crippen molar-refractivity contribution in [2.24, 2.45) is 5.92 Å². The molecule has 0 aromatic carbocycles. The summed E-state index contributed by atoms with van der Waals surface area (Å²) in [6.07, 6.45) is 0. The molecule has 0 saturated carbocycles. The monoisotopic (exact) mass is 256 g/mol. The molecular weight excluding hydrogens is 244 g/mol. The summed E-state index contributed by atoms with van der Waals surface area (Å²) < 4.78 is 0. The highest BCUT2D eigenvalue weighted by Gasteiger charge is 2.17. The third kappa shape index (κ3) is 2.55. The van der Waals surface area contributed by atoms with Gasteiger partial charge in [0.15, 0.2) is 0 Å². The number of nitrogens with one attached hydrogen (secondary N) is 1. The van der Waals surface area contributed by atoms with Crippen LogP contribution in [0.1, 0.15) is 22.9 Å². The molecule has 0 aliphatic carbocycles. The highest BCUT2D eigenvalue weighted by molar-refractivity contribution is 7.16. The van der Waals surface area contributed by atoms with Crippen LogP contribution >= 0.6 is 22.9 Å². The Morgan fingerprint density at radius 2 is 2.25 bits per heavy atom. The van der Waals surface area contributed by atoms with Crippen LogP contribution in [0.25, 0.3) is 0 Å². The number of carbonyl (C=O) groups excluding carboxylic acids is 1. The lowest BCUT2D eigenvalue weighted by atomic mass is 10.1. The Balaban J connectivity index is 2.95. The van der Waals surface area contributed by atoms with E-state index in [1.807, 2.05) is 13.8 Å². The molecule has 86 valence electrons. The van der Waals surface area contributed by atoms with Crippen LogP contribution in [0.2, 0.25) is 0 Å². The maximum absolute atomic E-state index is 11.6. The number of nitrogens with zero attached hydrogens (tertiary/aromatic N) is 1. The predicted octanol–water partition coefficient (Wildman–Crippen LogP) is 3.05. The molecule has 1 rings (SSSR count). The molecule has 0 spiro atoms. The molecule has 0 saturated heterocycles. The second kappa shape index (κ2) is 5.33. The average molecular weight is 257 g/mol. The van der Waals surface area contributed by atoms with Crippen molar-refractivity contribution in [2.45, 2.75) is 20.8 Å². The zero-order valence-electron chi connectivity index (χ0n) is 9.43. The summed E-state index contributed by atoms with van der Waals surface area (Å²) in [6.45, 7) is 5.56. The van der Waals surface area contributed by atoms with Gasteiger partial charge < -0.3 is 5.32 Å². The largest absolute Gasteiger partial charge is 0.316 e. The molecule has 0 aliphatic rings. The third-order valence-electron chi connectivity index (χ3n) is 2.41. The molecule has 16 heavy (non-hydrogen) atoms. The van der Waals surface area contributed by atoms with Crippen LogP contribution < -0.4 is 5.32 Å². The Kier molecular flexibility index (Phi) is 4.34. The molecule has 1 unspecified atom stereocenters. The number of hydrogen-bond donors (Lipinski definition) is 1. The normalized spacial score (nSPS) is 11.9. The number of thiophene rings is 1. The maximum Gasteiger partial charge on any atom is 0.229 e. The van der Waals surface area contributed by atoms with Crippen LogP contribution in [-0.4, -0.2) is 11.8 Å². The van der Waals surface area contributed by atoms with Crippen LogP contribution in [0.3, 0.4) is 0 Å². The summed E-state index contributed by atoms with van der Waals surface area (Å²) in [7, 11) is 0. The molecule has 0 bridgehead atoms.